The van der Waals surface area contributed by atoms with E-state index in [-0.39, 0.29) is 18.0 Å². The van der Waals surface area contributed by atoms with E-state index in [1.165, 1.54) is 12.1 Å². The average Bonchev–Trinajstić information content (AvgIpc) is 2.61. The Morgan fingerprint density at radius 1 is 1.39 bits per heavy atom. The van der Waals surface area contributed by atoms with Crippen LogP contribution in [-0.2, 0) is 10.3 Å². The molecule has 1 fully saturated rings. The SMILES string of the molecule is C=CCC(O)(CCN[C@H]1CCCN(C(=O)OC(C)(C)C)C1)c1ccc(F)cc1. The van der Waals surface area contributed by atoms with Gasteiger partial charge < -0.3 is 20.1 Å². The lowest BCUT2D eigenvalue weighted by Gasteiger charge is -2.35. The lowest BCUT2D eigenvalue weighted by molar-refractivity contribution is 0.0161. The zero-order valence-corrected chi connectivity index (χ0v) is 17.2. The van der Waals surface area contributed by atoms with Crippen molar-refractivity contribution in [3.05, 3.63) is 48.3 Å². The number of piperidine rings is 1. The number of carbonyl (C=O) groups is 1. The number of hydrogen-bond acceptors (Lipinski definition) is 4. The van der Waals surface area contributed by atoms with Gasteiger partial charge in [0.2, 0.25) is 0 Å². The molecule has 0 radical (unpaired) electrons. The number of hydrogen-bond donors (Lipinski definition) is 2. The highest BCUT2D eigenvalue weighted by Gasteiger charge is 2.30. The van der Waals surface area contributed by atoms with Gasteiger partial charge in [-0.15, -0.1) is 6.58 Å². The van der Waals surface area contributed by atoms with Crippen molar-refractivity contribution >= 4 is 6.09 Å². The van der Waals surface area contributed by atoms with E-state index in [9.17, 15) is 14.3 Å². The summed E-state index contributed by atoms with van der Waals surface area (Å²) in [5.74, 6) is -0.327. The number of nitrogens with one attached hydrogen (secondary N) is 1. The molecule has 0 aliphatic carbocycles. The van der Waals surface area contributed by atoms with Gasteiger partial charge in [-0.2, -0.15) is 0 Å². The summed E-state index contributed by atoms with van der Waals surface area (Å²) < 4.78 is 18.7. The molecule has 2 N–H and O–H groups in total. The Morgan fingerprint density at radius 2 is 2.07 bits per heavy atom. The van der Waals surface area contributed by atoms with Gasteiger partial charge in [0.1, 0.15) is 11.4 Å². The largest absolute Gasteiger partial charge is 0.444 e. The summed E-state index contributed by atoms with van der Waals surface area (Å²) in [7, 11) is 0. The number of nitrogens with zero attached hydrogens (tertiary/aromatic N) is 1. The summed E-state index contributed by atoms with van der Waals surface area (Å²) >= 11 is 0. The maximum absolute atomic E-state index is 13.2. The molecule has 0 bridgehead atoms. The fourth-order valence-corrected chi connectivity index (χ4v) is 3.48. The minimum absolute atomic E-state index is 0.155. The molecule has 1 aromatic carbocycles. The summed E-state index contributed by atoms with van der Waals surface area (Å²) in [6, 6.07) is 6.10. The van der Waals surface area contributed by atoms with Crippen molar-refractivity contribution in [1.82, 2.24) is 10.2 Å². The van der Waals surface area contributed by atoms with Crippen molar-refractivity contribution < 1.29 is 19.0 Å². The van der Waals surface area contributed by atoms with Crippen LogP contribution in [0.1, 0.15) is 52.0 Å². The second-order valence-corrected chi connectivity index (χ2v) is 8.50. The molecule has 156 valence electrons. The molecular weight excluding hydrogens is 359 g/mol. The molecule has 1 amide bonds. The third kappa shape index (κ3) is 6.60. The molecule has 2 rings (SSSR count). The summed E-state index contributed by atoms with van der Waals surface area (Å²) in [6.45, 7) is 11.2. The van der Waals surface area contributed by atoms with Gasteiger partial charge in [-0.05, 0) is 70.7 Å². The predicted octanol–water partition coefficient (Wildman–Crippen LogP) is 3.97. The number of carbonyl (C=O) groups excluding carboxylic acids is 1. The van der Waals surface area contributed by atoms with Crippen LogP contribution in [0.5, 0.6) is 0 Å². The first-order valence-corrected chi connectivity index (χ1v) is 9.93. The van der Waals surface area contributed by atoms with E-state index in [1.807, 2.05) is 20.8 Å². The van der Waals surface area contributed by atoms with E-state index in [1.54, 1.807) is 23.1 Å². The van der Waals surface area contributed by atoms with Crippen LogP contribution < -0.4 is 5.32 Å². The molecule has 1 aliphatic heterocycles. The van der Waals surface area contributed by atoms with Crippen molar-refractivity contribution in [3.63, 3.8) is 0 Å². The molecule has 1 unspecified atom stereocenters. The zero-order chi connectivity index (χ0) is 20.8. The molecule has 1 saturated heterocycles. The van der Waals surface area contributed by atoms with E-state index < -0.39 is 11.2 Å². The Morgan fingerprint density at radius 3 is 2.68 bits per heavy atom. The van der Waals surface area contributed by atoms with Gasteiger partial charge in [0.15, 0.2) is 0 Å². The first-order chi connectivity index (χ1) is 13.1. The number of amides is 1. The van der Waals surface area contributed by atoms with Crippen molar-refractivity contribution in [3.8, 4) is 0 Å². The summed E-state index contributed by atoms with van der Waals surface area (Å²) in [5, 5.41) is 14.5. The van der Waals surface area contributed by atoms with Gasteiger partial charge in [0.05, 0.1) is 5.60 Å². The minimum Gasteiger partial charge on any atom is -0.444 e. The van der Waals surface area contributed by atoms with E-state index in [4.69, 9.17) is 4.74 Å². The van der Waals surface area contributed by atoms with Crippen LogP contribution >= 0.6 is 0 Å². The van der Waals surface area contributed by atoms with Crippen molar-refractivity contribution in [1.29, 1.82) is 0 Å². The molecule has 1 aromatic rings. The molecule has 1 heterocycles. The molecule has 0 saturated carbocycles. The maximum atomic E-state index is 13.2. The summed E-state index contributed by atoms with van der Waals surface area (Å²) in [4.78, 5) is 14.0. The van der Waals surface area contributed by atoms with Crippen molar-refractivity contribution in [2.45, 2.75) is 63.7 Å². The molecule has 0 aromatic heterocycles. The number of likely N-dealkylation sites (tertiary alicyclic amines) is 1. The first kappa shape index (κ1) is 22.4. The van der Waals surface area contributed by atoms with Gasteiger partial charge in [0, 0.05) is 19.1 Å². The number of aliphatic hydroxyl groups is 1. The zero-order valence-electron chi connectivity index (χ0n) is 17.2. The Bertz CT molecular complexity index is 657. The number of benzene rings is 1. The highest BCUT2D eigenvalue weighted by molar-refractivity contribution is 5.68. The number of rotatable bonds is 7. The lowest BCUT2D eigenvalue weighted by atomic mass is 9.87. The van der Waals surface area contributed by atoms with Crippen LogP contribution in [-0.4, -0.2) is 47.4 Å². The Labute approximate surface area is 167 Å². The molecule has 2 atom stereocenters. The van der Waals surface area contributed by atoms with Crippen LogP contribution in [0.25, 0.3) is 0 Å². The summed E-state index contributed by atoms with van der Waals surface area (Å²) in [6.07, 6.45) is 4.12. The fraction of sp³-hybridized carbons (Fsp3) is 0.591. The van der Waals surface area contributed by atoms with Gasteiger partial charge in [0.25, 0.3) is 0 Å². The van der Waals surface area contributed by atoms with Gasteiger partial charge in [-0.25, -0.2) is 9.18 Å². The first-order valence-electron chi connectivity index (χ1n) is 9.93. The topological polar surface area (TPSA) is 61.8 Å². The average molecular weight is 393 g/mol. The Hall–Kier alpha value is -1.92. The molecule has 6 heteroatoms. The molecule has 5 nitrogen and oxygen atoms in total. The van der Waals surface area contributed by atoms with Crippen LogP contribution in [0, 0.1) is 5.82 Å². The van der Waals surface area contributed by atoms with Crippen LogP contribution in [0.4, 0.5) is 9.18 Å². The second kappa shape index (κ2) is 9.52. The van der Waals surface area contributed by atoms with Gasteiger partial charge in [-0.3, -0.25) is 0 Å². The predicted molar refractivity (Wildman–Crippen MR) is 109 cm³/mol. The third-order valence-electron chi connectivity index (χ3n) is 4.91. The van der Waals surface area contributed by atoms with E-state index >= 15 is 0 Å². The standard InChI is InChI=1S/C22H33FN2O3/c1-5-12-22(27,17-8-10-18(23)11-9-17)13-14-24-19-7-6-15-25(16-19)20(26)28-21(2,3)4/h5,8-11,19,24,27H,1,6-7,12-16H2,2-4H3/t19-,22?/m0/s1. The monoisotopic (exact) mass is 392 g/mol. The highest BCUT2D eigenvalue weighted by Crippen LogP contribution is 2.29. The van der Waals surface area contributed by atoms with Crippen LogP contribution in [0.15, 0.2) is 36.9 Å². The van der Waals surface area contributed by atoms with E-state index in [0.717, 1.165) is 12.8 Å². The van der Waals surface area contributed by atoms with Crippen LogP contribution in [0.2, 0.25) is 0 Å². The van der Waals surface area contributed by atoms with Gasteiger partial charge >= 0.3 is 6.09 Å². The maximum Gasteiger partial charge on any atom is 0.410 e. The molecular formula is C22H33FN2O3. The minimum atomic E-state index is -1.10. The fourth-order valence-electron chi connectivity index (χ4n) is 3.48. The highest BCUT2D eigenvalue weighted by atomic mass is 19.1. The van der Waals surface area contributed by atoms with Crippen molar-refractivity contribution in [2.75, 3.05) is 19.6 Å². The second-order valence-electron chi connectivity index (χ2n) is 8.50. The quantitative estimate of drug-likeness (QED) is 0.690. The van der Waals surface area contributed by atoms with E-state index in [0.29, 0.717) is 38.0 Å². The van der Waals surface area contributed by atoms with E-state index in [2.05, 4.69) is 11.9 Å². The summed E-state index contributed by atoms with van der Waals surface area (Å²) in [5.41, 5.74) is -0.926. The number of ether oxygens (including phenoxy) is 1. The lowest BCUT2D eigenvalue weighted by Crippen LogP contribution is -2.50. The third-order valence-corrected chi connectivity index (χ3v) is 4.91. The Kier molecular flexibility index (Phi) is 7.61. The van der Waals surface area contributed by atoms with Crippen LogP contribution in [0.3, 0.4) is 0 Å². The smallest absolute Gasteiger partial charge is 0.410 e. The normalized spacial score (nSPS) is 19.8. The number of halogens is 1. The Balaban J connectivity index is 1.90. The molecule has 0 spiro atoms. The van der Waals surface area contributed by atoms with Gasteiger partial charge in [-0.1, -0.05) is 18.2 Å². The molecule has 1 aliphatic rings. The molecule has 28 heavy (non-hydrogen) atoms. The van der Waals surface area contributed by atoms with Crippen molar-refractivity contribution in [2.24, 2.45) is 0 Å².